The van der Waals surface area contributed by atoms with E-state index in [0.717, 1.165) is 19.5 Å². The van der Waals surface area contributed by atoms with E-state index in [1.165, 1.54) is 5.56 Å². The Labute approximate surface area is 115 Å². The van der Waals surface area contributed by atoms with E-state index in [9.17, 15) is 4.79 Å². The van der Waals surface area contributed by atoms with Gasteiger partial charge in [-0.3, -0.25) is 4.79 Å². The number of hydrogen-bond acceptors (Lipinski definition) is 2. The highest BCUT2D eigenvalue weighted by Gasteiger charge is 2.34. The van der Waals surface area contributed by atoms with Crippen molar-refractivity contribution in [2.45, 2.75) is 26.2 Å². The minimum atomic E-state index is -0.647. The van der Waals surface area contributed by atoms with Crippen LogP contribution in [-0.2, 0) is 4.79 Å². The number of nitrogens with zero attached hydrogens (tertiary/aromatic N) is 1. The van der Waals surface area contributed by atoms with Crippen molar-refractivity contribution in [3.8, 4) is 0 Å². The van der Waals surface area contributed by atoms with Crippen LogP contribution in [0.4, 0.5) is 0 Å². The largest absolute Gasteiger partial charge is 0.481 e. The smallest absolute Gasteiger partial charge is 0.308 e. The van der Waals surface area contributed by atoms with E-state index in [0.29, 0.717) is 12.5 Å². The fourth-order valence-electron chi connectivity index (χ4n) is 2.90. The molecule has 0 bridgehead atoms. The summed E-state index contributed by atoms with van der Waals surface area (Å²) in [6.45, 7) is 6.89. The van der Waals surface area contributed by atoms with Crippen molar-refractivity contribution in [3.05, 3.63) is 35.9 Å². The van der Waals surface area contributed by atoms with Gasteiger partial charge in [0.2, 0.25) is 0 Å². The van der Waals surface area contributed by atoms with Gasteiger partial charge in [0.05, 0.1) is 5.92 Å². The monoisotopic (exact) mass is 261 g/mol. The molecule has 3 heteroatoms. The lowest BCUT2D eigenvalue weighted by Gasteiger charge is -2.18. The summed E-state index contributed by atoms with van der Waals surface area (Å²) in [6.07, 6.45) is 1.09. The van der Waals surface area contributed by atoms with E-state index in [1.54, 1.807) is 0 Å². The number of carboxylic acid groups (broad SMARTS) is 1. The molecule has 2 rings (SSSR count). The Kier molecular flexibility index (Phi) is 4.59. The highest BCUT2D eigenvalue weighted by Crippen LogP contribution is 2.25. The lowest BCUT2D eigenvalue weighted by molar-refractivity contribution is -0.142. The van der Waals surface area contributed by atoms with E-state index < -0.39 is 5.97 Å². The maximum atomic E-state index is 11.1. The summed E-state index contributed by atoms with van der Waals surface area (Å²) in [5.41, 5.74) is 1.37. The first-order valence-corrected chi connectivity index (χ1v) is 7.08. The molecular formula is C16H23NO2. The molecule has 1 fully saturated rings. The standard InChI is InChI=1S/C16H23NO2/c1-12(14-6-4-3-5-7-14)8-9-17-10-13(2)15(11-17)16(18)19/h3-7,12-13,15H,8-11H2,1-2H3,(H,18,19). The Morgan fingerprint density at radius 3 is 2.63 bits per heavy atom. The lowest BCUT2D eigenvalue weighted by atomic mass is 9.98. The molecule has 1 heterocycles. The van der Waals surface area contributed by atoms with Crippen molar-refractivity contribution >= 4 is 5.97 Å². The Hall–Kier alpha value is -1.35. The third-order valence-corrected chi connectivity index (χ3v) is 4.25. The van der Waals surface area contributed by atoms with Crippen LogP contribution in [0.1, 0.15) is 31.7 Å². The van der Waals surface area contributed by atoms with Crippen molar-refractivity contribution < 1.29 is 9.90 Å². The molecule has 0 aliphatic carbocycles. The highest BCUT2D eigenvalue weighted by molar-refractivity contribution is 5.71. The summed E-state index contributed by atoms with van der Waals surface area (Å²) in [4.78, 5) is 13.4. The summed E-state index contributed by atoms with van der Waals surface area (Å²) in [5, 5.41) is 9.13. The van der Waals surface area contributed by atoms with Gasteiger partial charge >= 0.3 is 5.97 Å². The molecular weight excluding hydrogens is 238 g/mol. The zero-order chi connectivity index (χ0) is 13.8. The number of carboxylic acids is 1. The Balaban J connectivity index is 1.82. The number of rotatable bonds is 5. The molecule has 1 aromatic carbocycles. The van der Waals surface area contributed by atoms with Crippen LogP contribution in [0.25, 0.3) is 0 Å². The SMILES string of the molecule is CC(CCN1CC(C)C(C(=O)O)C1)c1ccccc1. The van der Waals surface area contributed by atoms with Crippen LogP contribution in [0.5, 0.6) is 0 Å². The molecule has 3 nitrogen and oxygen atoms in total. The van der Waals surface area contributed by atoms with Crippen LogP contribution in [0, 0.1) is 11.8 Å². The zero-order valence-electron chi connectivity index (χ0n) is 11.7. The van der Waals surface area contributed by atoms with E-state index in [2.05, 4.69) is 36.1 Å². The van der Waals surface area contributed by atoms with Crippen LogP contribution in [0.3, 0.4) is 0 Å². The second kappa shape index (κ2) is 6.20. The van der Waals surface area contributed by atoms with Gasteiger partial charge in [-0.05, 0) is 30.4 Å². The molecule has 1 saturated heterocycles. The van der Waals surface area contributed by atoms with Crippen LogP contribution < -0.4 is 0 Å². The molecule has 19 heavy (non-hydrogen) atoms. The van der Waals surface area contributed by atoms with Gasteiger partial charge in [0, 0.05) is 13.1 Å². The first-order chi connectivity index (χ1) is 9.08. The van der Waals surface area contributed by atoms with Gasteiger partial charge in [-0.25, -0.2) is 0 Å². The van der Waals surface area contributed by atoms with Gasteiger partial charge in [0.25, 0.3) is 0 Å². The number of hydrogen-bond donors (Lipinski definition) is 1. The predicted molar refractivity (Wildman–Crippen MR) is 76.2 cm³/mol. The second-order valence-corrected chi connectivity index (χ2v) is 5.78. The quantitative estimate of drug-likeness (QED) is 0.886. The molecule has 104 valence electrons. The third-order valence-electron chi connectivity index (χ3n) is 4.25. The van der Waals surface area contributed by atoms with Crippen molar-refractivity contribution in [2.24, 2.45) is 11.8 Å². The third kappa shape index (κ3) is 3.57. The fraction of sp³-hybridized carbons (Fsp3) is 0.562. The van der Waals surface area contributed by atoms with Crippen molar-refractivity contribution in [1.29, 1.82) is 0 Å². The summed E-state index contributed by atoms with van der Waals surface area (Å²) in [5.74, 6) is -0.0388. The molecule has 0 amide bonds. The van der Waals surface area contributed by atoms with E-state index in [1.807, 2.05) is 13.0 Å². The molecule has 1 aromatic rings. The van der Waals surface area contributed by atoms with Crippen molar-refractivity contribution in [3.63, 3.8) is 0 Å². The molecule has 0 saturated carbocycles. The average molecular weight is 261 g/mol. The predicted octanol–water partition coefficient (Wildman–Crippen LogP) is 2.83. The summed E-state index contributed by atoms with van der Waals surface area (Å²) in [7, 11) is 0. The number of benzene rings is 1. The summed E-state index contributed by atoms with van der Waals surface area (Å²) in [6, 6.07) is 10.5. The maximum Gasteiger partial charge on any atom is 0.308 e. The van der Waals surface area contributed by atoms with E-state index in [-0.39, 0.29) is 11.8 Å². The summed E-state index contributed by atoms with van der Waals surface area (Å²) < 4.78 is 0. The average Bonchev–Trinajstić information content (AvgIpc) is 2.78. The van der Waals surface area contributed by atoms with Crippen LogP contribution >= 0.6 is 0 Å². The minimum Gasteiger partial charge on any atom is -0.481 e. The number of aliphatic carboxylic acids is 1. The number of likely N-dealkylation sites (tertiary alicyclic amines) is 1. The van der Waals surface area contributed by atoms with Gasteiger partial charge in [-0.1, -0.05) is 44.2 Å². The van der Waals surface area contributed by atoms with E-state index >= 15 is 0 Å². The molecule has 3 unspecified atom stereocenters. The van der Waals surface area contributed by atoms with Crippen molar-refractivity contribution in [2.75, 3.05) is 19.6 Å². The second-order valence-electron chi connectivity index (χ2n) is 5.78. The van der Waals surface area contributed by atoms with Gasteiger partial charge in [-0.15, -0.1) is 0 Å². The molecule has 3 atom stereocenters. The first kappa shape index (κ1) is 14.1. The maximum absolute atomic E-state index is 11.1. The Bertz CT molecular complexity index is 418. The fourth-order valence-corrected chi connectivity index (χ4v) is 2.90. The normalized spacial score (nSPS) is 25.4. The number of carbonyl (C=O) groups is 1. The first-order valence-electron chi connectivity index (χ1n) is 7.08. The molecule has 0 spiro atoms. The molecule has 0 aromatic heterocycles. The van der Waals surface area contributed by atoms with Crippen LogP contribution in [0.2, 0.25) is 0 Å². The summed E-state index contributed by atoms with van der Waals surface area (Å²) >= 11 is 0. The van der Waals surface area contributed by atoms with Gasteiger partial charge in [-0.2, -0.15) is 0 Å². The van der Waals surface area contributed by atoms with Crippen LogP contribution in [0.15, 0.2) is 30.3 Å². The lowest BCUT2D eigenvalue weighted by Crippen LogP contribution is -2.25. The zero-order valence-corrected chi connectivity index (χ0v) is 11.7. The highest BCUT2D eigenvalue weighted by atomic mass is 16.4. The molecule has 1 aliphatic heterocycles. The molecule has 1 aliphatic rings. The van der Waals surface area contributed by atoms with Crippen molar-refractivity contribution in [1.82, 2.24) is 4.90 Å². The van der Waals surface area contributed by atoms with Gasteiger partial charge in [0.15, 0.2) is 0 Å². The molecule has 1 N–H and O–H groups in total. The molecule has 0 radical (unpaired) electrons. The van der Waals surface area contributed by atoms with Crippen LogP contribution in [-0.4, -0.2) is 35.6 Å². The minimum absolute atomic E-state index is 0.188. The van der Waals surface area contributed by atoms with E-state index in [4.69, 9.17) is 5.11 Å². The Morgan fingerprint density at radius 2 is 2.05 bits per heavy atom. The van der Waals surface area contributed by atoms with Gasteiger partial charge in [0.1, 0.15) is 0 Å². The Morgan fingerprint density at radius 1 is 1.37 bits per heavy atom. The van der Waals surface area contributed by atoms with Gasteiger partial charge < -0.3 is 10.0 Å². The topological polar surface area (TPSA) is 40.5 Å².